The second-order valence-electron chi connectivity index (χ2n) is 5.36. The van der Waals surface area contributed by atoms with Gasteiger partial charge in [-0.3, -0.25) is 9.48 Å². The highest BCUT2D eigenvalue weighted by atomic mass is 35.5. The van der Waals surface area contributed by atoms with Crippen LogP contribution >= 0.6 is 24.8 Å². The van der Waals surface area contributed by atoms with Gasteiger partial charge < -0.3 is 10.6 Å². The monoisotopic (exact) mass is 397 g/mol. The van der Waals surface area contributed by atoms with E-state index >= 15 is 0 Å². The van der Waals surface area contributed by atoms with Crippen LogP contribution in [0.4, 0.5) is 0 Å². The first kappa shape index (κ1) is 21.6. The summed E-state index contributed by atoms with van der Waals surface area (Å²) in [4.78, 5) is 16.7. The van der Waals surface area contributed by atoms with Gasteiger partial charge in [0, 0.05) is 43.9 Å². The van der Waals surface area contributed by atoms with Crippen LogP contribution in [0.3, 0.4) is 0 Å². The van der Waals surface area contributed by atoms with Gasteiger partial charge in [0.05, 0.1) is 6.20 Å². The third-order valence-corrected chi connectivity index (χ3v) is 3.62. The zero-order valence-corrected chi connectivity index (χ0v) is 16.0. The molecule has 1 unspecified atom stereocenters. The van der Waals surface area contributed by atoms with Crippen molar-refractivity contribution in [3.05, 3.63) is 60.3 Å². The number of hydrogen-bond acceptors (Lipinski definition) is 5. The average Bonchev–Trinajstić information content (AvgIpc) is 3.26. The summed E-state index contributed by atoms with van der Waals surface area (Å²) >= 11 is 0. The highest BCUT2D eigenvalue weighted by Gasteiger charge is 2.19. The van der Waals surface area contributed by atoms with Crippen LogP contribution in [0.25, 0.3) is 5.82 Å². The molecule has 0 saturated carbocycles. The standard InChI is InChI=1S/C16H19N7O.2ClH/c1-17-15(13-10-21-22(2)11-13)16(24)19-9-12-4-6-18-14(8-12)23-7-3-5-20-23;;/h3-8,10-11,15,17H,9H2,1-2H3,(H,19,24);2*1H. The molecule has 3 rings (SSSR count). The zero-order chi connectivity index (χ0) is 16.9. The second kappa shape index (κ2) is 9.91. The van der Waals surface area contributed by atoms with Gasteiger partial charge >= 0.3 is 0 Å². The predicted molar refractivity (Wildman–Crippen MR) is 103 cm³/mol. The molecule has 0 spiro atoms. The number of halogens is 2. The Labute approximate surface area is 163 Å². The Morgan fingerprint density at radius 3 is 2.69 bits per heavy atom. The third kappa shape index (κ3) is 5.04. The largest absolute Gasteiger partial charge is 0.350 e. The van der Waals surface area contributed by atoms with Gasteiger partial charge in [0.25, 0.3) is 0 Å². The summed E-state index contributed by atoms with van der Waals surface area (Å²) < 4.78 is 3.35. The number of carbonyl (C=O) groups is 1. The van der Waals surface area contributed by atoms with Gasteiger partial charge in [0.15, 0.2) is 5.82 Å². The van der Waals surface area contributed by atoms with Crippen LogP contribution in [0.5, 0.6) is 0 Å². The third-order valence-electron chi connectivity index (χ3n) is 3.62. The molecule has 0 aliphatic heterocycles. The number of aryl methyl sites for hydroxylation is 1. The summed E-state index contributed by atoms with van der Waals surface area (Å²) in [6.07, 6.45) is 8.73. The summed E-state index contributed by atoms with van der Waals surface area (Å²) in [5.41, 5.74) is 1.77. The smallest absolute Gasteiger partial charge is 0.242 e. The molecular formula is C16H21Cl2N7O. The van der Waals surface area contributed by atoms with Crippen molar-refractivity contribution in [2.75, 3.05) is 7.05 Å². The highest BCUT2D eigenvalue weighted by molar-refractivity contribution is 5.85. The average molecular weight is 398 g/mol. The molecule has 0 aromatic carbocycles. The molecule has 3 heterocycles. The van der Waals surface area contributed by atoms with Crippen molar-refractivity contribution in [3.8, 4) is 5.82 Å². The molecule has 10 heteroatoms. The van der Waals surface area contributed by atoms with E-state index in [0.29, 0.717) is 12.4 Å². The molecule has 140 valence electrons. The van der Waals surface area contributed by atoms with Crippen molar-refractivity contribution in [2.45, 2.75) is 12.6 Å². The van der Waals surface area contributed by atoms with E-state index in [1.807, 2.05) is 37.6 Å². The molecule has 2 N–H and O–H groups in total. The molecule has 3 aromatic rings. The van der Waals surface area contributed by atoms with Gasteiger partial charge in [-0.05, 0) is 30.8 Å². The Balaban J connectivity index is 0.00000169. The molecule has 1 amide bonds. The molecule has 0 fully saturated rings. The number of carbonyl (C=O) groups excluding carboxylic acids is 1. The van der Waals surface area contributed by atoms with Crippen LogP contribution in [0, 0.1) is 0 Å². The van der Waals surface area contributed by atoms with Gasteiger partial charge in [-0.15, -0.1) is 24.8 Å². The Hall–Kier alpha value is -2.42. The minimum absolute atomic E-state index is 0. The lowest BCUT2D eigenvalue weighted by molar-refractivity contribution is -0.123. The molecule has 0 bridgehead atoms. The van der Waals surface area contributed by atoms with Crippen molar-refractivity contribution >= 4 is 30.7 Å². The molecule has 26 heavy (non-hydrogen) atoms. The minimum atomic E-state index is -0.439. The van der Waals surface area contributed by atoms with Crippen molar-refractivity contribution in [1.82, 2.24) is 35.2 Å². The van der Waals surface area contributed by atoms with E-state index in [-0.39, 0.29) is 30.7 Å². The Morgan fingerprint density at radius 2 is 2.08 bits per heavy atom. The quantitative estimate of drug-likeness (QED) is 0.656. The van der Waals surface area contributed by atoms with Gasteiger partial charge in [0.1, 0.15) is 6.04 Å². The van der Waals surface area contributed by atoms with Crippen LogP contribution < -0.4 is 10.6 Å². The lowest BCUT2D eigenvalue weighted by Gasteiger charge is -2.14. The van der Waals surface area contributed by atoms with Crippen LogP contribution in [-0.2, 0) is 18.4 Å². The van der Waals surface area contributed by atoms with E-state index < -0.39 is 6.04 Å². The topological polar surface area (TPSA) is 89.7 Å². The van der Waals surface area contributed by atoms with E-state index in [4.69, 9.17) is 0 Å². The molecule has 0 radical (unpaired) electrons. The molecule has 0 aliphatic carbocycles. The number of likely N-dealkylation sites (N-methyl/N-ethyl adjacent to an activating group) is 1. The Kier molecular flexibility index (Phi) is 8.24. The maximum atomic E-state index is 12.4. The molecule has 0 aliphatic rings. The number of nitrogens with zero attached hydrogens (tertiary/aromatic N) is 5. The van der Waals surface area contributed by atoms with Gasteiger partial charge in [-0.1, -0.05) is 0 Å². The second-order valence-corrected chi connectivity index (χ2v) is 5.36. The van der Waals surface area contributed by atoms with Crippen molar-refractivity contribution in [2.24, 2.45) is 7.05 Å². The number of pyridine rings is 1. The minimum Gasteiger partial charge on any atom is -0.350 e. The Morgan fingerprint density at radius 1 is 1.27 bits per heavy atom. The SMILES string of the molecule is CNC(C(=O)NCc1ccnc(-n2cccn2)c1)c1cnn(C)c1.Cl.Cl. The van der Waals surface area contributed by atoms with Crippen molar-refractivity contribution < 1.29 is 4.79 Å². The predicted octanol–water partition coefficient (Wildman–Crippen LogP) is 1.42. The highest BCUT2D eigenvalue weighted by Crippen LogP contribution is 2.12. The molecule has 0 saturated heterocycles. The number of nitrogens with one attached hydrogen (secondary N) is 2. The number of amides is 1. The van der Waals surface area contributed by atoms with E-state index in [2.05, 4.69) is 25.8 Å². The normalized spacial score (nSPS) is 11.2. The first-order valence-electron chi connectivity index (χ1n) is 7.56. The summed E-state index contributed by atoms with van der Waals surface area (Å²) in [7, 11) is 3.57. The van der Waals surface area contributed by atoms with E-state index in [1.165, 1.54) is 0 Å². The van der Waals surface area contributed by atoms with Gasteiger partial charge in [-0.25, -0.2) is 9.67 Å². The molecule has 8 nitrogen and oxygen atoms in total. The van der Waals surface area contributed by atoms with E-state index in [9.17, 15) is 4.79 Å². The molecular weight excluding hydrogens is 377 g/mol. The van der Waals surface area contributed by atoms with E-state index in [1.54, 1.807) is 35.0 Å². The van der Waals surface area contributed by atoms with Crippen LogP contribution in [0.15, 0.2) is 49.2 Å². The van der Waals surface area contributed by atoms with E-state index in [0.717, 1.165) is 11.1 Å². The Bertz CT molecular complexity index is 820. The first-order chi connectivity index (χ1) is 11.7. The number of hydrogen-bond donors (Lipinski definition) is 2. The maximum Gasteiger partial charge on any atom is 0.242 e. The van der Waals surface area contributed by atoms with Crippen LogP contribution in [0.2, 0.25) is 0 Å². The van der Waals surface area contributed by atoms with Crippen molar-refractivity contribution in [1.29, 1.82) is 0 Å². The fraction of sp³-hybridized carbons (Fsp3) is 0.250. The fourth-order valence-electron chi connectivity index (χ4n) is 2.43. The molecule has 1 atom stereocenters. The van der Waals surface area contributed by atoms with Gasteiger partial charge in [0.2, 0.25) is 5.91 Å². The summed E-state index contributed by atoms with van der Waals surface area (Å²) in [5.74, 6) is 0.604. The summed E-state index contributed by atoms with van der Waals surface area (Å²) in [6, 6.07) is 5.16. The lowest BCUT2D eigenvalue weighted by Crippen LogP contribution is -2.35. The zero-order valence-electron chi connectivity index (χ0n) is 14.4. The first-order valence-corrected chi connectivity index (χ1v) is 7.56. The van der Waals surface area contributed by atoms with Crippen LogP contribution in [-0.4, -0.2) is 37.5 Å². The fourth-order valence-corrected chi connectivity index (χ4v) is 2.43. The maximum absolute atomic E-state index is 12.4. The molecule has 3 aromatic heterocycles. The van der Waals surface area contributed by atoms with Crippen molar-refractivity contribution in [3.63, 3.8) is 0 Å². The number of aromatic nitrogens is 5. The number of rotatable bonds is 6. The van der Waals surface area contributed by atoms with Gasteiger partial charge in [-0.2, -0.15) is 10.2 Å². The summed E-state index contributed by atoms with van der Waals surface area (Å²) in [6.45, 7) is 0.411. The van der Waals surface area contributed by atoms with Crippen LogP contribution in [0.1, 0.15) is 17.2 Å². The lowest BCUT2D eigenvalue weighted by atomic mass is 10.1. The summed E-state index contributed by atoms with van der Waals surface area (Å²) in [5, 5.41) is 14.2.